The average molecular weight is 275 g/mol. The second kappa shape index (κ2) is 4.91. The van der Waals surface area contributed by atoms with E-state index in [-0.39, 0.29) is 5.25 Å². The summed E-state index contributed by atoms with van der Waals surface area (Å²) in [7, 11) is -3.29. The molecule has 0 aromatic carbocycles. The van der Waals surface area contributed by atoms with E-state index in [0.29, 0.717) is 18.1 Å². The van der Waals surface area contributed by atoms with Gasteiger partial charge in [0.25, 0.3) is 0 Å². The number of nitrogens with one attached hydrogen (secondary N) is 2. The van der Waals surface area contributed by atoms with Crippen molar-refractivity contribution in [3.05, 3.63) is 10.6 Å². The summed E-state index contributed by atoms with van der Waals surface area (Å²) >= 11 is 1.40. The van der Waals surface area contributed by atoms with Crippen LogP contribution in [-0.2, 0) is 16.4 Å². The summed E-state index contributed by atoms with van der Waals surface area (Å²) < 4.78 is 26.6. The zero-order valence-corrected chi connectivity index (χ0v) is 11.6. The molecule has 1 aromatic heterocycles. The van der Waals surface area contributed by atoms with Crippen molar-refractivity contribution in [2.45, 2.75) is 31.9 Å². The Morgan fingerprint density at radius 1 is 1.59 bits per heavy atom. The van der Waals surface area contributed by atoms with Crippen molar-refractivity contribution in [1.29, 1.82) is 0 Å². The smallest absolute Gasteiger partial charge is 0.238 e. The number of nitrogens with zero attached hydrogens (tertiary/aromatic N) is 1. The minimum absolute atomic E-state index is 0.336. The van der Waals surface area contributed by atoms with Crippen LogP contribution in [0.2, 0.25) is 0 Å². The minimum atomic E-state index is -3.29. The van der Waals surface area contributed by atoms with Gasteiger partial charge in [-0.1, -0.05) is 6.92 Å². The Morgan fingerprint density at radius 3 is 2.88 bits per heavy atom. The highest BCUT2D eigenvalue weighted by atomic mass is 32.2. The second-order valence-corrected chi connectivity index (χ2v) is 7.30. The minimum Gasteiger partial charge on any atom is -0.315 e. The van der Waals surface area contributed by atoms with Gasteiger partial charge in [-0.15, -0.1) is 11.3 Å². The van der Waals surface area contributed by atoms with E-state index in [1.54, 1.807) is 0 Å². The molecule has 0 amide bonds. The first-order valence-corrected chi connectivity index (χ1v) is 8.08. The highest BCUT2D eigenvalue weighted by Crippen LogP contribution is 2.24. The molecule has 1 aliphatic rings. The lowest BCUT2D eigenvalue weighted by atomic mass is 10.3. The molecule has 96 valence electrons. The lowest BCUT2D eigenvalue weighted by molar-refractivity contribution is 0.588. The van der Waals surface area contributed by atoms with Crippen molar-refractivity contribution in [2.24, 2.45) is 0 Å². The summed E-state index contributed by atoms with van der Waals surface area (Å²) in [6.07, 6.45) is 1.50. The fourth-order valence-electron chi connectivity index (χ4n) is 1.90. The van der Waals surface area contributed by atoms with Crippen LogP contribution in [0.1, 0.15) is 23.9 Å². The largest absolute Gasteiger partial charge is 0.315 e. The third-order valence-electron chi connectivity index (χ3n) is 2.91. The topological polar surface area (TPSA) is 71.1 Å². The molecule has 1 unspecified atom stereocenters. The Hall–Kier alpha value is -0.660. The fraction of sp³-hybridized carbons (Fsp3) is 0.700. The number of anilines is 1. The first-order chi connectivity index (χ1) is 8.03. The number of aromatic nitrogens is 1. The molecule has 2 N–H and O–H groups in total. The molecule has 1 aliphatic heterocycles. The number of sulfonamides is 1. The second-order valence-electron chi connectivity index (χ2n) is 4.14. The van der Waals surface area contributed by atoms with Gasteiger partial charge in [0, 0.05) is 11.4 Å². The van der Waals surface area contributed by atoms with Crippen LogP contribution in [0, 0.1) is 6.92 Å². The van der Waals surface area contributed by atoms with Crippen LogP contribution in [0.15, 0.2) is 0 Å². The molecule has 0 aliphatic carbocycles. The summed E-state index contributed by atoms with van der Waals surface area (Å²) in [6.45, 7) is 5.27. The van der Waals surface area contributed by atoms with E-state index < -0.39 is 10.0 Å². The number of hydrogen-bond acceptors (Lipinski definition) is 5. The molecule has 2 rings (SSSR count). The Bertz CT molecular complexity index is 490. The lowest BCUT2D eigenvalue weighted by Gasteiger charge is -2.10. The molecular formula is C10H17N3O2S2. The maximum Gasteiger partial charge on any atom is 0.238 e. The summed E-state index contributed by atoms with van der Waals surface area (Å²) in [4.78, 5) is 5.37. The van der Waals surface area contributed by atoms with Crippen LogP contribution < -0.4 is 10.0 Å². The summed E-state index contributed by atoms with van der Waals surface area (Å²) in [6, 6.07) is 0. The van der Waals surface area contributed by atoms with Gasteiger partial charge in [-0.05, 0) is 26.3 Å². The van der Waals surface area contributed by atoms with Crippen LogP contribution in [0.3, 0.4) is 0 Å². The van der Waals surface area contributed by atoms with Crippen molar-refractivity contribution in [3.8, 4) is 0 Å². The van der Waals surface area contributed by atoms with Gasteiger partial charge in [0.15, 0.2) is 5.13 Å². The zero-order valence-electron chi connectivity index (χ0n) is 9.99. The third-order valence-corrected chi connectivity index (χ3v) is 5.73. The molecule has 1 atom stereocenters. The maximum absolute atomic E-state index is 12.0. The average Bonchev–Trinajstić information content (AvgIpc) is 2.86. The van der Waals surface area contributed by atoms with E-state index in [1.807, 2.05) is 13.8 Å². The number of thiazole rings is 1. The molecule has 0 bridgehead atoms. The molecule has 0 spiro atoms. The Morgan fingerprint density at radius 2 is 2.35 bits per heavy atom. The van der Waals surface area contributed by atoms with Gasteiger partial charge < -0.3 is 5.32 Å². The molecule has 5 nitrogen and oxygen atoms in total. The van der Waals surface area contributed by atoms with Gasteiger partial charge >= 0.3 is 0 Å². The number of aryl methyl sites for hydroxylation is 2. The first-order valence-electron chi connectivity index (χ1n) is 5.71. The van der Waals surface area contributed by atoms with Gasteiger partial charge in [0.05, 0.1) is 10.9 Å². The van der Waals surface area contributed by atoms with Crippen molar-refractivity contribution in [3.63, 3.8) is 0 Å². The SMILES string of the molecule is CCc1nc(NS(=O)(=O)C2CCNC2)sc1C. The van der Waals surface area contributed by atoms with Gasteiger partial charge in [-0.3, -0.25) is 4.72 Å². The van der Waals surface area contributed by atoms with Crippen molar-refractivity contribution in [2.75, 3.05) is 17.8 Å². The molecule has 7 heteroatoms. The van der Waals surface area contributed by atoms with Crippen LogP contribution >= 0.6 is 11.3 Å². The lowest BCUT2D eigenvalue weighted by Crippen LogP contribution is -2.29. The van der Waals surface area contributed by atoms with E-state index >= 15 is 0 Å². The van der Waals surface area contributed by atoms with Crippen LogP contribution in [0.5, 0.6) is 0 Å². The summed E-state index contributed by atoms with van der Waals surface area (Å²) in [5.41, 5.74) is 0.970. The molecule has 2 heterocycles. The third kappa shape index (κ3) is 2.78. The molecule has 1 saturated heterocycles. The van der Waals surface area contributed by atoms with E-state index in [4.69, 9.17) is 0 Å². The Balaban J connectivity index is 2.13. The standard InChI is InChI=1S/C10H17N3O2S2/c1-3-9-7(2)16-10(12-9)13-17(14,15)8-4-5-11-6-8/h8,11H,3-6H2,1-2H3,(H,12,13). The number of hydrogen-bond donors (Lipinski definition) is 2. The Kier molecular flexibility index (Phi) is 3.70. The highest BCUT2D eigenvalue weighted by Gasteiger charge is 2.29. The van der Waals surface area contributed by atoms with E-state index in [2.05, 4.69) is 15.0 Å². The van der Waals surface area contributed by atoms with Crippen molar-refractivity contribution < 1.29 is 8.42 Å². The normalized spacial score (nSPS) is 20.7. The van der Waals surface area contributed by atoms with Crippen LogP contribution in [0.25, 0.3) is 0 Å². The number of rotatable bonds is 4. The van der Waals surface area contributed by atoms with Crippen LogP contribution in [-0.4, -0.2) is 31.7 Å². The van der Waals surface area contributed by atoms with Crippen molar-refractivity contribution >= 4 is 26.5 Å². The highest BCUT2D eigenvalue weighted by molar-refractivity contribution is 7.93. The van der Waals surface area contributed by atoms with Gasteiger partial charge in [-0.2, -0.15) is 0 Å². The monoisotopic (exact) mass is 275 g/mol. The first kappa shape index (κ1) is 12.8. The summed E-state index contributed by atoms with van der Waals surface area (Å²) in [5.74, 6) is 0. The molecule has 17 heavy (non-hydrogen) atoms. The van der Waals surface area contributed by atoms with E-state index in [0.717, 1.165) is 23.5 Å². The van der Waals surface area contributed by atoms with Gasteiger partial charge in [0.1, 0.15) is 0 Å². The quantitative estimate of drug-likeness (QED) is 0.864. The van der Waals surface area contributed by atoms with Crippen LogP contribution in [0.4, 0.5) is 5.13 Å². The molecule has 0 saturated carbocycles. The van der Waals surface area contributed by atoms with E-state index in [9.17, 15) is 8.42 Å². The van der Waals surface area contributed by atoms with Crippen molar-refractivity contribution in [1.82, 2.24) is 10.3 Å². The maximum atomic E-state index is 12.0. The van der Waals surface area contributed by atoms with E-state index in [1.165, 1.54) is 11.3 Å². The fourth-order valence-corrected chi connectivity index (χ4v) is 4.39. The zero-order chi connectivity index (χ0) is 12.5. The molecule has 0 radical (unpaired) electrons. The Labute approximate surface area is 106 Å². The van der Waals surface area contributed by atoms with Gasteiger partial charge in [0.2, 0.25) is 10.0 Å². The summed E-state index contributed by atoms with van der Waals surface area (Å²) in [5, 5.41) is 3.21. The molecule has 1 fully saturated rings. The molecule has 1 aromatic rings. The predicted molar refractivity (Wildman–Crippen MR) is 70.0 cm³/mol. The molecular weight excluding hydrogens is 258 g/mol. The predicted octanol–water partition coefficient (Wildman–Crippen LogP) is 1.12. The van der Waals surface area contributed by atoms with Gasteiger partial charge in [-0.25, -0.2) is 13.4 Å².